The third kappa shape index (κ3) is 3.42. The van der Waals surface area contributed by atoms with Gasteiger partial charge in [-0.15, -0.1) is 11.3 Å². The van der Waals surface area contributed by atoms with Crippen molar-refractivity contribution in [2.45, 2.75) is 26.4 Å². The molecule has 18 heavy (non-hydrogen) atoms. The first-order chi connectivity index (χ1) is 8.69. The summed E-state index contributed by atoms with van der Waals surface area (Å²) in [7, 11) is 0. The van der Waals surface area contributed by atoms with Crippen LogP contribution in [0.4, 0.5) is 0 Å². The largest absolute Gasteiger partial charge is 0.394 e. The topological polar surface area (TPSA) is 32.3 Å². The highest BCUT2D eigenvalue weighted by Gasteiger charge is 2.10. The van der Waals surface area contributed by atoms with Gasteiger partial charge < -0.3 is 10.4 Å². The zero-order valence-electron chi connectivity index (χ0n) is 10.8. The first kappa shape index (κ1) is 13.3. The fraction of sp³-hybridized carbons (Fsp3) is 0.333. The molecule has 0 aliphatic heterocycles. The monoisotopic (exact) mass is 261 g/mol. The van der Waals surface area contributed by atoms with Crippen LogP contribution < -0.4 is 5.32 Å². The Labute approximate surface area is 112 Å². The normalized spacial score (nSPS) is 12.6. The van der Waals surface area contributed by atoms with Crippen LogP contribution in [0.2, 0.25) is 0 Å². The van der Waals surface area contributed by atoms with Gasteiger partial charge in [-0.1, -0.05) is 35.4 Å². The van der Waals surface area contributed by atoms with Crippen molar-refractivity contribution in [3.63, 3.8) is 0 Å². The van der Waals surface area contributed by atoms with Crippen LogP contribution in [-0.4, -0.2) is 11.7 Å². The molecule has 0 bridgehead atoms. The molecule has 1 atom stereocenters. The van der Waals surface area contributed by atoms with Crippen LogP contribution in [0.25, 0.3) is 0 Å². The molecule has 0 saturated heterocycles. The van der Waals surface area contributed by atoms with Gasteiger partial charge in [-0.05, 0) is 30.9 Å². The van der Waals surface area contributed by atoms with E-state index >= 15 is 0 Å². The molecule has 0 aliphatic rings. The highest BCUT2D eigenvalue weighted by atomic mass is 32.1. The van der Waals surface area contributed by atoms with Gasteiger partial charge in [0.2, 0.25) is 0 Å². The van der Waals surface area contributed by atoms with E-state index in [0.717, 1.165) is 12.1 Å². The number of aliphatic hydroxyl groups excluding tert-OH is 1. The highest BCUT2D eigenvalue weighted by molar-refractivity contribution is 7.09. The molecule has 1 heterocycles. The van der Waals surface area contributed by atoms with Gasteiger partial charge in [-0.25, -0.2) is 0 Å². The van der Waals surface area contributed by atoms with E-state index in [2.05, 4.69) is 48.8 Å². The van der Waals surface area contributed by atoms with Crippen LogP contribution >= 0.6 is 11.3 Å². The molecular formula is C15H19NOS. The second-order valence-electron chi connectivity index (χ2n) is 4.62. The van der Waals surface area contributed by atoms with E-state index in [9.17, 15) is 5.11 Å². The lowest BCUT2D eigenvalue weighted by atomic mass is 10.0. The van der Waals surface area contributed by atoms with Gasteiger partial charge >= 0.3 is 0 Å². The van der Waals surface area contributed by atoms with Crippen molar-refractivity contribution in [1.82, 2.24) is 5.32 Å². The van der Waals surface area contributed by atoms with E-state index < -0.39 is 0 Å². The smallest absolute Gasteiger partial charge is 0.0626 e. The first-order valence-corrected chi connectivity index (χ1v) is 7.02. The number of rotatable bonds is 5. The van der Waals surface area contributed by atoms with Crippen molar-refractivity contribution in [1.29, 1.82) is 0 Å². The molecule has 1 aromatic heterocycles. The Morgan fingerprint density at radius 3 is 2.50 bits per heavy atom. The minimum atomic E-state index is 0.00528. The van der Waals surface area contributed by atoms with Gasteiger partial charge in [-0.3, -0.25) is 0 Å². The summed E-state index contributed by atoms with van der Waals surface area (Å²) in [6.45, 7) is 5.10. The minimum absolute atomic E-state index is 0.00528. The van der Waals surface area contributed by atoms with Gasteiger partial charge in [0.05, 0.1) is 12.6 Å². The van der Waals surface area contributed by atoms with Crippen LogP contribution in [0.5, 0.6) is 0 Å². The van der Waals surface area contributed by atoms with Gasteiger partial charge in [0.25, 0.3) is 0 Å². The van der Waals surface area contributed by atoms with Crippen molar-refractivity contribution >= 4 is 11.3 Å². The van der Waals surface area contributed by atoms with E-state index in [4.69, 9.17) is 0 Å². The molecule has 1 aromatic carbocycles. The van der Waals surface area contributed by atoms with Crippen molar-refractivity contribution in [3.8, 4) is 0 Å². The number of nitrogens with one attached hydrogen (secondary N) is 1. The summed E-state index contributed by atoms with van der Waals surface area (Å²) < 4.78 is 0. The Balaban J connectivity index is 2.07. The minimum Gasteiger partial charge on any atom is -0.394 e. The Hall–Kier alpha value is -1.16. The number of hydrogen-bond donors (Lipinski definition) is 2. The number of aliphatic hydroxyl groups is 1. The molecular weight excluding hydrogens is 242 g/mol. The second kappa shape index (κ2) is 6.14. The summed E-state index contributed by atoms with van der Waals surface area (Å²) >= 11 is 1.73. The molecule has 1 unspecified atom stereocenters. The van der Waals surface area contributed by atoms with E-state index in [1.165, 1.54) is 16.0 Å². The summed E-state index contributed by atoms with van der Waals surface area (Å²) in [6, 6.07) is 10.6. The van der Waals surface area contributed by atoms with E-state index in [1.54, 1.807) is 11.3 Å². The zero-order chi connectivity index (χ0) is 13.0. The second-order valence-corrected chi connectivity index (χ2v) is 5.65. The maximum absolute atomic E-state index is 9.53. The van der Waals surface area contributed by atoms with Gasteiger partial charge in [-0.2, -0.15) is 0 Å². The van der Waals surface area contributed by atoms with Gasteiger partial charge in [0, 0.05) is 11.4 Å². The molecule has 96 valence electrons. The molecule has 2 N–H and O–H groups in total. The number of aryl methyl sites for hydroxylation is 2. The molecule has 2 rings (SSSR count). The SMILES string of the molecule is Cc1cc(C)cc(C(CO)NCc2cccs2)c1. The number of thiophene rings is 1. The van der Waals surface area contributed by atoms with Crippen molar-refractivity contribution < 1.29 is 5.11 Å². The first-order valence-electron chi connectivity index (χ1n) is 6.14. The lowest BCUT2D eigenvalue weighted by Gasteiger charge is -2.17. The highest BCUT2D eigenvalue weighted by Crippen LogP contribution is 2.18. The predicted molar refractivity (Wildman–Crippen MR) is 76.9 cm³/mol. The molecule has 0 fully saturated rings. The predicted octanol–water partition coefficient (Wildman–Crippen LogP) is 3.19. The molecule has 3 heteroatoms. The van der Waals surface area contributed by atoms with E-state index in [0.29, 0.717) is 0 Å². The van der Waals surface area contributed by atoms with Crippen molar-refractivity contribution in [2.24, 2.45) is 0 Å². The average molecular weight is 261 g/mol. The Morgan fingerprint density at radius 2 is 1.94 bits per heavy atom. The summed E-state index contributed by atoms with van der Waals surface area (Å²) in [4.78, 5) is 1.29. The molecule has 0 aliphatic carbocycles. The Kier molecular flexibility index (Phi) is 4.53. The maximum Gasteiger partial charge on any atom is 0.0626 e. The quantitative estimate of drug-likeness (QED) is 0.866. The summed E-state index contributed by atoms with van der Waals surface area (Å²) in [5, 5.41) is 15.0. The van der Waals surface area contributed by atoms with Crippen molar-refractivity contribution in [2.75, 3.05) is 6.61 Å². The van der Waals surface area contributed by atoms with E-state index in [1.807, 2.05) is 6.07 Å². The summed E-state index contributed by atoms with van der Waals surface area (Å²) in [5.41, 5.74) is 3.63. The molecule has 0 radical (unpaired) electrons. The fourth-order valence-corrected chi connectivity index (χ4v) is 2.79. The molecule has 0 spiro atoms. The van der Waals surface area contributed by atoms with Crippen LogP contribution in [0.3, 0.4) is 0 Å². The standard InChI is InChI=1S/C15H19NOS/c1-11-6-12(2)8-13(7-11)15(10-17)16-9-14-4-3-5-18-14/h3-8,15-17H,9-10H2,1-2H3. The van der Waals surface area contributed by atoms with Crippen molar-refractivity contribution in [3.05, 3.63) is 57.3 Å². The Morgan fingerprint density at radius 1 is 1.22 bits per heavy atom. The lowest BCUT2D eigenvalue weighted by Crippen LogP contribution is -2.23. The summed E-state index contributed by atoms with van der Waals surface area (Å²) in [5.74, 6) is 0. The van der Waals surface area contributed by atoms with Crippen LogP contribution in [0, 0.1) is 13.8 Å². The third-order valence-electron chi connectivity index (χ3n) is 2.93. The average Bonchev–Trinajstić information content (AvgIpc) is 2.81. The van der Waals surface area contributed by atoms with Gasteiger partial charge in [0.15, 0.2) is 0 Å². The molecule has 0 amide bonds. The maximum atomic E-state index is 9.53. The molecule has 0 saturated carbocycles. The van der Waals surface area contributed by atoms with E-state index in [-0.39, 0.29) is 12.6 Å². The lowest BCUT2D eigenvalue weighted by molar-refractivity contribution is 0.244. The van der Waals surface area contributed by atoms with Crippen LogP contribution in [0.15, 0.2) is 35.7 Å². The zero-order valence-corrected chi connectivity index (χ0v) is 11.6. The Bertz CT molecular complexity index is 473. The molecule has 2 nitrogen and oxygen atoms in total. The summed E-state index contributed by atoms with van der Waals surface area (Å²) in [6.07, 6.45) is 0. The third-order valence-corrected chi connectivity index (χ3v) is 3.81. The number of benzene rings is 1. The van der Waals surface area contributed by atoms with Gasteiger partial charge in [0.1, 0.15) is 0 Å². The van der Waals surface area contributed by atoms with Crippen LogP contribution in [0.1, 0.15) is 27.6 Å². The number of hydrogen-bond acceptors (Lipinski definition) is 3. The fourth-order valence-electron chi connectivity index (χ4n) is 2.14. The van der Waals surface area contributed by atoms with Crippen LogP contribution in [-0.2, 0) is 6.54 Å². The molecule has 2 aromatic rings.